The Hall–Kier alpha value is -1.62. The van der Waals surface area contributed by atoms with Gasteiger partial charge in [0.2, 0.25) is 0 Å². The first-order valence-corrected chi connectivity index (χ1v) is 6.29. The highest BCUT2D eigenvalue weighted by Gasteiger charge is 2.22. The second kappa shape index (κ2) is 7.09. The zero-order valence-corrected chi connectivity index (χ0v) is 11.9. The number of benzene rings is 1. The van der Waals surface area contributed by atoms with Crippen molar-refractivity contribution in [3.63, 3.8) is 0 Å². The molecule has 0 spiro atoms. The molecule has 4 nitrogen and oxygen atoms in total. The molecule has 0 bridgehead atoms. The van der Waals surface area contributed by atoms with Gasteiger partial charge in [-0.2, -0.15) is 0 Å². The lowest BCUT2D eigenvalue weighted by atomic mass is 10.1. The maximum Gasteiger partial charge on any atom is 0.256 e. The van der Waals surface area contributed by atoms with Gasteiger partial charge < -0.3 is 15.0 Å². The second-order valence-electron chi connectivity index (χ2n) is 4.50. The summed E-state index contributed by atoms with van der Waals surface area (Å²) >= 11 is 0. The minimum Gasteiger partial charge on any atom is -0.385 e. The minimum atomic E-state index is -0.427. The summed E-state index contributed by atoms with van der Waals surface area (Å²) in [5, 5.41) is 2.74. The second-order valence-corrected chi connectivity index (χ2v) is 4.50. The molecule has 106 valence electrons. The molecule has 0 aliphatic heterocycles. The van der Waals surface area contributed by atoms with Crippen molar-refractivity contribution >= 4 is 11.6 Å². The van der Waals surface area contributed by atoms with Crippen LogP contribution in [0.15, 0.2) is 18.2 Å². The maximum atomic E-state index is 13.7. The number of nitrogens with zero attached hydrogens (tertiary/aromatic N) is 1. The summed E-state index contributed by atoms with van der Waals surface area (Å²) in [7, 11) is 3.19. The molecular weight excluding hydrogens is 247 g/mol. The van der Waals surface area contributed by atoms with E-state index in [9.17, 15) is 9.18 Å². The number of para-hydroxylation sites is 1. The number of nitrogens with one attached hydrogen (secondary N) is 1. The molecule has 1 N–H and O–H groups in total. The quantitative estimate of drug-likeness (QED) is 0.861. The Bertz CT molecular complexity index is 435. The molecule has 0 radical (unpaired) electrons. The van der Waals surface area contributed by atoms with Gasteiger partial charge in [0.05, 0.1) is 17.9 Å². The summed E-state index contributed by atoms with van der Waals surface area (Å²) in [6, 6.07) is 4.52. The first-order valence-electron chi connectivity index (χ1n) is 6.29. The number of ether oxygens (including phenoxy) is 1. The molecule has 0 aliphatic rings. The molecule has 0 saturated carbocycles. The van der Waals surface area contributed by atoms with Crippen LogP contribution in [-0.2, 0) is 4.74 Å². The van der Waals surface area contributed by atoms with Crippen LogP contribution < -0.4 is 5.32 Å². The number of methoxy groups -OCH3 is 1. The number of anilines is 1. The number of rotatable bonds is 6. The SMILES string of the molecule is CNc1c(F)cccc1C(=O)N(CCOC)C(C)C. The van der Waals surface area contributed by atoms with E-state index in [1.54, 1.807) is 25.1 Å². The standard InChI is InChI=1S/C14H21FN2O2/c1-10(2)17(8-9-19-4)14(18)11-6-5-7-12(15)13(11)16-3/h5-7,10,16H,8-9H2,1-4H3. The molecular formula is C14H21FN2O2. The molecule has 0 aromatic heterocycles. The van der Waals surface area contributed by atoms with E-state index in [-0.39, 0.29) is 17.6 Å². The summed E-state index contributed by atoms with van der Waals surface area (Å²) in [6.45, 7) is 4.78. The Morgan fingerprint density at radius 2 is 2.16 bits per heavy atom. The largest absolute Gasteiger partial charge is 0.385 e. The molecule has 0 saturated heterocycles. The third-order valence-electron chi connectivity index (χ3n) is 2.91. The van der Waals surface area contributed by atoms with Gasteiger partial charge >= 0.3 is 0 Å². The molecule has 1 rings (SSSR count). The van der Waals surface area contributed by atoms with Crippen molar-refractivity contribution < 1.29 is 13.9 Å². The topological polar surface area (TPSA) is 41.6 Å². The Morgan fingerprint density at radius 1 is 1.47 bits per heavy atom. The van der Waals surface area contributed by atoms with E-state index in [4.69, 9.17) is 4.74 Å². The number of carbonyl (C=O) groups excluding carboxylic acids is 1. The molecule has 0 aliphatic carbocycles. The highest BCUT2D eigenvalue weighted by Crippen LogP contribution is 2.21. The van der Waals surface area contributed by atoms with Gasteiger partial charge in [-0.3, -0.25) is 4.79 Å². The zero-order chi connectivity index (χ0) is 14.4. The van der Waals surface area contributed by atoms with Crippen LogP contribution in [0.3, 0.4) is 0 Å². The van der Waals surface area contributed by atoms with Gasteiger partial charge in [0.15, 0.2) is 0 Å². The number of hydrogen-bond donors (Lipinski definition) is 1. The first-order chi connectivity index (χ1) is 9.02. The van der Waals surface area contributed by atoms with Crippen LogP contribution in [0.5, 0.6) is 0 Å². The van der Waals surface area contributed by atoms with Crippen molar-refractivity contribution in [2.24, 2.45) is 0 Å². The number of carbonyl (C=O) groups is 1. The monoisotopic (exact) mass is 268 g/mol. The molecule has 0 heterocycles. The van der Waals surface area contributed by atoms with Crippen molar-refractivity contribution in [2.45, 2.75) is 19.9 Å². The van der Waals surface area contributed by atoms with Gasteiger partial charge in [-0.1, -0.05) is 6.07 Å². The van der Waals surface area contributed by atoms with Gasteiger partial charge in [0.25, 0.3) is 5.91 Å². The van der Waals surface area contributed by atoms with Crippen LogP contribution in [0.4, 0.5) is 10.1 Å². The van der Waals surface area contributed by atoms with Gasteiger partial charge in [0, 0.05) is 26.7 Å². The fourth-order valence-electron chi connectivity index (χ4n) is 1.90. The minimum absolute atomic E-state index is 0.0237. The van der Waals surface area contributed by atoms with E-state index in [0.29, 0.717) is 18.7 Å². The van der Waals surface area contributed by atoms with Crippen molar-refractivity contribution in [3.8, 4) is 0 Å². The molecule has 1 aromatic rings. The lowest BCUT2D eigenvalue weighted by Gasteiger charge is -2.27. The average Bonchev–Trinajstić information content (AvgIpc) is 2.38. The van der Waals surface area contributed by atoms with Crippen LogP contribution in [-0.4, -0.2) is 44.2 Å². The van der Waals surface area contributed by atoms with Crippen molar-refractivity contribution in [2.75, 3.05) is 32.6 Å². The van der Waals surface area contributed by atoms with Crippen LogP contribution in [0, 0.1) is 5.82 Å². The smallest absolute Gasteiger partial charge is 0.256 e. The molecule has 0 fully saturated rings. The Kier molecular flexibility index (Phi) is 5.76. The first kappa shape index (κ1) is 15.4. The highest BCUT2D eigenvalue weighted by molar-refractivity contribution is 5.99. The van der Waals surface area contributed by atoms with E-state index in [2.05, 4.69) is 5.32 Å². The highest BCUT2D eigenvalue weighted by atomic mass is 19.1. The fraction of sp³-hybridized carbons (Fsp3) is 0.500. The van der Waals surface area contributed by atoms with E-state index in [1.165, 1.54) is 12.1 Å². The van der Waals surface area contributed by atoms with Crippen LogP contribution in [0.2, 0.25) is 0 Å². The van der Waals surface area contributed by atoms with E-state index in [1.807, 2.05) is 13.8 Å². The molecule has 0 unspecified atom stereocenters. The van der Waals surface area contributed by atoms with Gasteiger partial charge in [-0.25, -0.2) is 4.39 Å². The number of hydrogen-bond acceptors (Lipinski definition) is 3. The van der Waals surface area contributed by atoms with Crippen molar-refractivity contribution in [1.82, 2.24) is 4.90 Å². The Labute approximate surface area is 113 Å². The normalized spacial score (nSPS) is 10.6. The van der Waals surface area contributed by atoms with Gasteiger partial charge in [-0.15, -0.1) is 0 Å². The molecule has 19 heavy (non-hydrogen) atoms. The van der Waals surface area contributed by atoms with E-state index >= 15 is 0 Å². The summed E-state index contributed by atoms with van der Waals surface area (Å²) in [5.74, 6) is -0.625. The molecule has 1 amide bonds. The summed E-state index contributed by atoms with van der Waals surface area (Å²) in [5.41, 5.74) is 0.572. The molecule has 5 heteroatoms. The Morgan fingerprint density at radius 3 is 2.68 bits per heavy atom. The Balaban J connectivity index is 3.06. The maximum absolute atomic E-state index is 13.7. The number of amides is 1. The molecule has 1 aromatic carbocycles. The summed E-state index contributed by atoms with van der Waals surface area (Å²) in [6.07, 6.45) is 0. The summed E-state index contributed by atoms with van der Waals surface area (Å²) < 4.78 is 18.7. The van der Waals surface area contributed by atoms with Crippen LogP contribution in [0.1, 0.15) is 24.2 Å². The van der Waals surface area contributed by atoms with Crippen molar-refractivity contribution in [3.05, 3.63) is 29.6 Å². The van der Waals surface area contributed by atoms with E-state index in [0.717, 1.165) is 0 Å². The predicted molar refractivity (Wildman–Crippen MR) is 74.0 cm³/mol. The third-order valence-corrected chi connectivity index (χ3v) is 2.91. The predicted octanol–water partition coefficient (Wildman–Crippen LogP) is 2.36. The lowest BCUT2D eigenvalue weighted by molar-refractivity contribution is 0.0635. The average molecular weight is 268 g/mol. The lowest BCUT2D eigenvalue weighted by Crippen LogP contribution is -2.39. The zero-order valence-electron chi connectivity index (χ0n) is 11.9. The number of halogens is 1. The van der Waals surface area contributed by atoms with E-state index < -0.39 is 5.82 Å². The molecule has 0 atom stereocenters. The fourth-order valence-corrected chi connectivity index (χ4v) is 1.90. The summed E-state index contributed by atoms with van der Waals surface area (Å²) in [4.78, 5) is 14.2. The van der Waals surface area contributed by atoms with Gasteiger partial charge in [0.1, 0.15) is 5.82 Å². The van der Waals surface area contributed by atoms with Crippen LogP contribution >= 0.6 is 0 Å². The third kappa shape index (κ3) is 3.67. The van der Waals surface area contributed by atoms with Crippen LogP contribution in [0.25, 0.3) is 0 Å². The van der Waals surface area contributed by atoms with Gasteiger partial charge in [-0.05, 0) is 26.0 Å². The van der Waals surface area contributed by atoms with Crippen molar-refractivity contribution in [1.29, 1.82) is 0 Å².